The lowest BCUT2D eigenvalue weighted by molar-refractivity contribution is -0.146. The van der Waals surface area contributed by atoms with Gasteiger partial charge in [-0.1, -0.05) is 6.07 Å². The van der Waals surface area contributed by atoms with Crippen molar-refractivity contribution in [1.29, 1.82) is 0 Å². The first-order valence-corrected chi connectivity index (χ1v) is 6.05. The normalized spacial score (nSPS) is 18.4. The third-order valence-electron chi connectivity index (χ3n) is 3.38. The molecule has 1 N–H and O–H groups in total. The summed E-state index contributed by atoms with van der Waals surface area (Å²) in [5.74, 6) is -1.28. The van der Waals surface area contributed by atoms with Gasteiger partial charge >= 0.3 is 5.97 Å². The smallest absolute Gasteiger partial charge is 0.326 e. The van der Waals surface area contributed by atoms with E-state index in [4.69, 9.17) is 5.11 Å². The first-order chi connectivity index (χ1) is 9.06. The predicted molar refractivity (Wildman–Crippen MR) is 67.0 cm³/mol. The van der Waals surface area contributed by atoms with Crippen LogP contribution in [0.3, 0.4) is 0 Å². The molecule has 0 bridgehead atoms. The zero-order valence-corrected chi connectivity index (χ0v) is 10.4. The number of aliphatic carboxylic acids is 1. The Bertz CT molecular complexity index is 677. The van der Waals surface area contributed by atoms with Gasteiger partial charge in [-0.2, -0.15) is 0 Å². The average Bonchev–Trinajstić information content (AvgIpc) is 2.69. The van der Waals surface area contributed by atoms with Crippen LogP contribution in [-0.4, -0.2) is 43.9 Å². The Balaban J connectivity index is 1.92. The van der Waals surface area contributed by atoms with E-state index >= 15 is 0 Å². The van der Waals surface area contributed by atoms with Crippen LogP contribution in [0.5, 0.6) is 0 Å². The van der Waals surface area contributed by atoms with Crippen molar-refractivity contribution >= 4 is 17.5 Å². The van der Waals surface area contributed by atoms with Crippen LogP contribution >= 0.6 is 0 Å². The van der Waals surface area contributed by atoms with Gasteiger partial charge in [-0.15, -0.1) is 0 Å². The third kappa shape index (κ3) is 1.85. The molecule has 1 aliphatic heterocycles. The molecule has 0 aliphatic carbocycles. The summed E-state index contributed by atoms with van der Waals surface area (Å²) in [7, 11) is 0. The molecule has 0 radical (unpaired) electrons. The van der Waals surface area contributed by atoms with Gasteiger partial charge in [0.15, 0.2) is 0 Å². The molecule has 19 heavy (non-hydrogen) atoms. The van der Waals surface area contributed by atoms with Crippen LogP contribution in [-0.2, 0) is 4.79 Å². The zero-order chi connectivity index (χ0) is 13.6. The Morgan fingerprint density at radius 2 is 2.16 bits per heavy atom. The number of imidazole rings is 1. The number of hydrogen-bond donors (Lipinski definition) is 1. The lowest BCUT2D eigenvalue weighted by Gasteiger charge is -2.37. The van der Waals surface area contributed by atoms with Crippen LogP contribution in [0.15, 0.2) is 24.5 Å². The fourth-order valence-electron chi connectivity index (χ4n) is 2.24. The Hall–Kier alpha value is -2.37. The number of amides is 1. The molecule has 1 atom stereocenters. The van der Waals surface area contributed by atoms with Crippen molar-refractivity contribution in [2.24, 2.45) is 0 Å². The number of carbonyl (C=O) groups is 2. The lowest BCUT2D eigenvalue weighted by Crippen LogP contribution is -2.55. The fourth-order valence-corrected chi connectivity index (χ4v) is 2.24. The number of pyridine rings is 1. The van der Waals surface area contributed by atoms with Gasteiger partial charge in [0.05, 0.1) is 0 Å². The number of hydrogen-bond acceptors (Lipinski definition) is 3. The van der Waals surface area contributed by atoms with E-state index in [2.05, 4.69) is 4.98 Å². The lowest BCUT2D eigenvalue weighted by atomic mass is 10.0. The summed E-state index contributed by atoms with van der Waals surface area (Å²) in [6, 6.07) is 3.04. The average molecular weight is 259 g/mol. The molecule has 2 aromatic heterocycles. The molecule has 98 valence electrons. The number of carboxylic acids is 1. The molecule has 1 aliphatic rings. The van der Waals surface area contributed by atoms with Gasteiger partial charge in [0.25, 0.3) is 5.91 Å². The Morgan fingerprint density at radius 1 is 1.37 bits per heavy atom. The van der Waals surface area contributed by atoms with Crippen LogP contribution < -0.4 is 0 Å². The van der Waals surface area contributed by atoms with Crippen molar-refractivity contribution < 1.29 is 14.7 Å². The summed E-state index contributed by atoms with van der Waals surface area (Å²) in [5, 5.41) is 8.96. The Labute approximate surface area is 109 Å². The van der Waals surface area contributed by atoms with Crippen LogP contribution in [0.2, 0.25) is 0 Å². The van der Waals surface area contributed by atoms with E-state index in [9.17, 15) is 9.59 Å². The molecule has 0 aromatic carbocycles. The van der Waals surface area contributed by atoms with Crippen molar-refractivity contribution in [2.45, 2.75) is 19.4 Å². The molecule has 2 aromatic rings. The second-order valence-electron chi connectivity index (χ2n) is 4.74. The number of fused-ring (bicyclic) bond motifs is 1. The van der Waals surface area contributed by atoms with E-state index in [1.807, 2.05) is 25.3 Å². The van der Waals surface area contributed by atoms with Crippen molar-refractivity contribution in [1.82, 2.24) is 14.3 Å². The van der Waals surface area contributed by atoms with E-state index in [-0.39, 0.29) is 11.6 Å². The van der Waals surface area contributed by atoms with E-state index in [1.54, 1.807) is 10.6 Å². The molecule has 3 rings (SSSR count). The molecule has 0 saturated carbocycles. The molecule has 1 saturated heterocycles. The van der Waals surface area contributed by atoms with Gasteiger partial charge in [-0.3, -0.25) is 4.79 Å². The molecule has 3 heterocycles. The monoisotopic (exact) mass is 259 g/mol. The summed E-state index contributed by atoms with van der Waals surface area (Å²) in [6.45, 7) is 2.43. The van der Waals surface area contributed by atoms with Gasteiger partial charge < -0.3 is 14.4 Å². The second kappa shape index (κ2) is 4.08. The third-order valence-corrected chi connectivity index (χ3v) is 3.38. The fraction of sp³-hybridized carbons (Fsp3) is 0.308. The molecule has 1 amide bonds. The number of aryl methyl sites for hydroxylation is 1. The molecule has 1 fully saturated rings. The molecule has 6 heteroatoms. The van der Waals surface area contributed by atoms with Crippen LogP contribution in [0.1, 0.15) is 22.5 Å². The molecule has 0 unspecified atom stereocenters. The van der Waals surface area contributed by atoms with Crippen LogP contribution in [0.25, 0.3) is 5.65 Å². The Morgan fingerprint density at radius 3 is 2.79 bits per heavy atom. The van der Waals surface area contributed by atoms with E-state index < -0.39 is 12.0 Å². The standard InChI is InChI=1S/C13H13N3O3/c1-8-2-3-11-14-9(7-15(11)6-8)12(17)16-5-4-10(16)13(18)19/h2-3,6-7,10H,4-5H2,1H3,(H,18,19)/t10-/m1/s1. The van der Waals surface area contributed by atoms with E-state index in [0.29, 0.717) is 18.6 Å². The number of likely N-dealkylation sites (tertiary alicyclic amines) is 1. The van der Waals surface area contributed by atoms with Gasteiger partial charge in [0.1, 0.15) is 17.4 Å². The maximum absolute atomic E-state index is 12.2. The maximum Gasteiger partial charge on any atom is 0.326 e. The summed E-state index contributed by atoms with van der Waals surface area (Å²) in [6.07, 6.45) is 4.03. The highest BCUT2D eigenvalue weighted by atomic mass is 16.4. The quantitative estimate of drug-likeness (QED) is 0.871. The number of carboxylic acid groups (broad SMARTS) is 1. The second-order valence-corrected chi connectivity index (χ2v) is 4.74. The molecular weight excluding hydrogens is 246 g/mol. The zero-order valence-electron chi connectivity index (χ0n) is 10.4. The SMILES string of the molecule is Cc1ccc2nc(C(=O)N3CC[C@@H]3C(=O)O)cn2c1. The van der Waals surface area contributed by atoms with Crippen LogP contribution in [0.4, 0.5) is 0 Å². The maximum atomic E-state index is 12.2. The minimum atomic E-state index is -0.959. The van der Waals surface area contributed by atoms with Crippen molar-refractivity contribution in [3.05, 3.63) is 35.8 Å². The number of carbonyl (C=O) groups excluding carboxylic acids is 1. The van der Waals surface area contributed by atoms with E-state index in [0.717, 1.165) is 5.56 Å². The minimum absolute atomic E-state index is 0.288. The summed E-state index contributed by atoms with van der Waals surface area (Å²) < 4.78 is 1.78. The highest BCUT2D eigenvalue weighted by Gasteiger charge is 2.38. The van der Waals surface area contributed by atoms with E-state index in [1.165, 1.54) is 4.90 Å². The number of aromatic nitrogens is 2. The topological polar surface area (TPSA) is 74.9 Å². The Kier molecular flexibility index (Phi) is 2.51. The highest BCUT2D eigenvalue weighted by molar-refractivity contribution is 5.96. The summed E-state index contributed by atoms with van der Waals surface area (Å²) >= 11 is 0. The molecule has 0 spiro atoms. The predicted octanol–water partition coefficient (Wildman–Crippen LogP) is 0.942. The van der Waals surface area contributed by atoms with Gasteiger partial charge in [-0.05, 0) is 25.0 Å². The van der Waals surface area contributed by atoms with Crippen LogP contribution in [0, 0.1) is 6.92 Å². The molecule has 6 nitrogen and oxygen atoms in total. The largest absolute Gasteiger partial charge is 0.480 e. The van der Waals surface area contributed by atoms with Gasteiger partial charge in [0.2, 0.25) is 0 Å². The van der Waals surface area contributed by atoms with Crippen molar-refractivity contribution in [3.8, 4) is 0 Å². The first-order valence-electron chi connectivity index (χ1n) is 6.05. The van der Waals surface area contributed by atoms with Crippen molar-refractivity contribution in [2.75, 3.05) is 6.54 Å². The van der Waals surface area contributed by atoms with Gasteiger partial charge in [0, 0.05) is 18.9 Å². The summed E-state index contributed by atoms with van der Waals surface area (Å²) in [5.41, 5.74) is 2.04. The number of nitrogens with zero attached hydrogens (tertiary/aromatic N) is 3. The minimum Gasteiger partial charge on any atom is -0.480 e. The highest BCUT2D eigenvalue weighted by Crippen LogP contribution is 2.20. The first kappa shape index (κ1) is 11.7. The summed E-state index contributed by atoms with van der Waals surface area (Å²) in [4.78, 5) is 28.7. The van der Waals surface area contributed by atoms with Gasteiger partial charge in [-0.25, -0.2) is 9.78 Å². The van der Waals surface area contributed by atoms with Crippen molar-refractivity contribution in [3.63, 3.8) is 0 Å². The molecular formula is C13H13N3O3. The number of rotatable bonds is 2.